The first-order chi connectivity index (χ1) is 16.5. The van der Waals surface area contributed by atoms with Crippen LogP contribution in [0.1, 0.15) is 17.4 Å². The Hall–Kier alpha value is -3.81. The summed E-state index contributed by atoms with van der Waals surface area (Å²) in [7, 11) is 0. The zero-order chi connectivity index (χ0) is 24.3. The smallest absolute Gasteiger partial charge is 0.269 e. The molecule has 3 aromatic rings. The zero-order valence-corrected chi connectivity index (χ0v) is 19.9. The van der Waals surface area contributed by atoms with Crippen LogP contribution in [0.25, 0.3) is 0 Å². The van der Waals surface area contributed by atoms with Gasteiger partial charge in [-0.3, -0.25) is 14.9 Å². The number of carbonyl (C=O) groups is 1. The second kappa shape index (κ2) is 12.4. The van der Waals surface area contributed by atoms with E-state index in [0.717, 1.165) is 4.88 Å². The second-order valence-corrected chi connectivity index (χ2v) is 8.87. The first-order valence-electron chi connectivity index (χ1n) is 10.3. The minimum Gasteiger partial charge on any atom is -0.492 e. The molecular weight excluding hydrogens is 472 g/mol. The maximum absolute atomic E-state index is 12.9. The normalized spacial score (nSPS) is 11.2. The molecular formula is C24H22N4O4S2. The summed E-state index contributed by atoms with van der Waals surface area (Å²) in [6.07, 6.45) is 0. The number of nitrogens with one attached hydrogen (secondary N) is 2. The minimum atomic E-state index is -0.515. The fourth-order valence-corrected chi connectivity index (χ4v) is 4.53. The van der Waals surface area contributed by atoms with E-state index >= 15 is 0 Å². The Morgan fingerprint density at radius 2 is 2.03 bits per heavy atom. The van der Waals surface area contributed by atoms with Crippen LogP contribution < -0.4 is 15.4 Å². The number of hydrogen-bond donors (Lipinski definition) is 2. The SMILES string of the molecule is CCOc1ccccc1NC(SCc1cccc([N+](=O)[O-])c1)=C(C#N)C(=O)NCc1cccs1. The van der Waals surface area contributed by atoms with Crippen molar-refractivity contribution in [1.29, 1.82) is 5.26 Å². The molecule has 2 aromatic carbocycles. The number of para-hydroxylation sites is 2. The number of thioether (sulfide) groups is 1. The van der Waals surface area contributed by atoms with Gasteiger partial charge in [0.1, 0.15) is 17.4 Å². The Morgan fingerprint density at radius 1 is 1.21 bits per heavy atom. The third-order valence-corrected chi connectivity index (χ3v) is 6.46. The molecule has 34 heavy (non-hydrogen) atoms. The molecule has 10 heteroatoms. The van der Waals surface area contributed by atoms with E-state index in [0.29, 0.717) is 40.9 Å². The highest BCUT2D eigenvalue weighted by Gasteiger charge is 2.18. The molecule has 0 saturated heterocycles. The molecule has 1 heterocycles. The molecule has 0 fully saturated rings. The molecule has 1 amide bonds. The van der Waals surface area contributed by atoms with Crippen LogP contribution in [0.2, 0.25) is 0 Å². The summed E-state index contributed by atoms with van der Waals surface area (Å²) in [5.74, 6) is 0.373. The van der Waals surface area contributed by atoms with Crippen molar-refractivity contribution >= 4 is 40.4 Å². The van der Waals surface area contributed by atoms with Crippen LogP contribution in [0.4, 0.5) is 11.4 Å². The van der Waals surface area contributed by atoms with Gasteiger partial charge in [-0.25, -0.2) is 0 Å². The van der Waals surface area contributed by atoms with E-state index in [-0.39, 0.29) is 11.3 Å². The topological polar surface area (TPSA) is 117 Å². The number of non-ortho nitro benzene ring substituents is 1. The molecule has 0 radical (unpaired) electrons. The van der Waals surface area contributed by atoms with Crippen LogP contribution >= 0.6 is 23.1 Å². The molecule has 8 nitrogen and oxygen atoms in total. The number of anilines is 1. The van der Waals surface area contributed by atoms with Crippen LogP contribution in [-0.2, 0) is 17.1 Å². The molecule has 174 valence electrons. The van der Waals surface area contributed by atoms with Gasteiger partial charge in [-0.1, -0.05) is 30.3 Å². The number of nitro benzene ring substituents is 1. The van der Waals surface area contributed by atoms with Crippen molar-refractivity contribution < 1.29 is 14.5 Å². The van der Waals surface area contributed by atoms with Gasteiger partial charge in [0.05, 0.1) is 28.8 Å². The summed E-state index contributed by atoms with van der Waals surface area (Å²) in [5, 5.41) is 29.1. The van der Waals surface area contributed by atoms with E-state index in [1.54, 1.807) is 24.3 Å². The van der Waals surface area contributed by atoms with Crippen molar-refractivity contribution in [3.05, 3.63) is 97.2 Å². The summed E-state index contributed by atoms with van der Waals surface area (Å²) >= 11 is 2.72. The molecule has 0 atom stereocenters. The summed E-state index contributed by atoms with van der Waals surface area (Å²) in [5.41, 5.74) is 1.18. The maximum atomic E-state index is 12.9. The van der Waals surface area contributed by atoms with Crippen molar-refractivity contribution in [3.63, 3.8) is 0 Å². The van der Waals surface area contributed by atoms with Crippen molar-refractivity contribution in [2.45, 2.75) is 19.2 Å². The number of ether oxygens (including phenoxy) is 1. The zero-order valence-electron chi connectivity index (χ0n) is 18.3. The lowest BCUT2D eigenvalue weighted by Crippen LogP contribution is -2.25. The number of hydrogen-bond acceptors (Lipinski definition) is 8. The van der Waals surface area contributed by atoms with Gasteiger partial charge in [0.25, 0.3) is 11.6 Å². The molecule has 0 aliphatic carbocycles. The Labute approximate surface area is 205 Å². The van der Waals surface area contributed by atoms with Crippen LogP contribution in [-0.4, -0.2) is 17.4 Å². The number of nitriles is 1. The highest BCUT2D eigenvalue weighted by molar-refractivity contribution is 8.02. The third-order valence-electron chi connectivity index (χ3n) is 4.51. The summed E-state index contributed by atoms with van der Waals surface area (Å²) in [6.45, 7) is 2.62. The standard InChI is InChI=1S/C24H22N4O4S2/c1-2-32-22-11-4-3-10-21(22)27-24(34-16-17-7-5-8-18(13-17)28(30)31)20(14-25)23(29)26-15-19-9-6-12-33-19/h3-13,27H,2,15-16H2,1H3,(H,26,29). The number of nitro groups is 1. The molecule has 0 aliphatic heterocycles. The van der Waals surface area contributed by atoms with E-state index < -0.39 is 10.8 Å². The molecule has 0 aliphatic rings. The predicted molar refractivity (Wildman–Crippen MR) is 134 cm³/mol. The molecule has 2 N–H and O–H groups in total. The van der Waals surface area contributed by atoms with E-state index in [1.807, 2.05) is 42.6 Å². The minimum absolute atomic E-state index is 0.0209. The first kappa shape index (κ1) is 24.8. The quantitative estimate of drug-likeness (QED) is 0.157. The number of carbonyl (C=O) groups excluding carboxylic acids is 1. The Morgan fingerprint density at radius 3 is 2.74 bits per heavy atom. The molecule has 3 rings (SSSR count). The molecule has 1 aromatic heterocycles. The van der Waals surface area contributed by atoms with E-state index in [1.165, 1.54) is 35.2 Å². The number of benzene rings is 2. The molecule has 0 bridgehead atoms. The monoisotopic (exact) mass is 494 g/mol. The van der Waals surface area contributed by atoms with E-state index in [9.17, 15) is 20.2 Å². The number of nitrogens with zero attached hydrogens (tertiary/aromatic N) is 2. The first-order valence-corrected chi connectivity index (χ1v) is 12.2. The van der Waals surface area contributed by atoms with Gasteiger partial charge in [-0.15, -0.1) is 23.1 Å². The fourth-order valence-electron chi connectivity index (χ4n) is 2.93. The van der Waals surface area contributed by atoms with Crippen molar-refractivity contribution in [2.75, 3.05) is 11.9 Å². The largest absolute Gasteiger partial charge is 0.492 e. The second-order valence-electron chi connectivity index (χ2n) is 6.85. The highest BCUT2D eigenvalue weighted by atomic mass is 32.2. The number of amides is 1. The highest BCUT2D eigenvalue weighted by Crippen LogP contribution is 2.32. The van der Waals surface area contributed by atoms with Gasteiger partial charge in [-0.2, -0.15) is 5.26 Å². The van der Waals surface area contributed by atoms with Gasteiger partial charge in [0.15, 0.2) is 0 Å². The van der Waals surface area contributed by atoms with Crippen LogP contribution in [0.5, 0.6) is 5.75 Å². The van der Waals surface area contributed by atoms with Crippen molar-refractivity contribution in [3.8, 4) is 11.8 Å². The average molecular weight is 495 g/mol. The molecule has 0 spiro atoms. The number of rotatable bonds is 11. The van der Waals surface area contributed by atoms with Crippen LogP contribution in [0.3, 0.4) is 0 Å². The van der Waals surface area contributed by atoms with E-state index in [4.69, 9.17) is 4.74 Å². The van der Waals surface area contributed by atoms with Crippen molar-refractivity contribution in [1.82, 2.24) is 5.32 Å². The average Bonchev–Trinajstić information content (AvgIpc) is 3.37. The van der Waals surface area contributed by atoms with Gasteiger partial charge in [0.2, 0.25) is 0 Å². The lowest BCUT2D eigenvalue weighted by molar-refractivity contribution is -0.384. The Balaban J connectivity index is 1.89. The fraction of sp³-hybridized carbons (Fsp3) is 0.167. The maximum Gasteiger partial charge on any atom is 0.269 e. The Bertz CT molecular complexity index is 1220. The van der Waals surface area contributed by atoms with Crippen LogP contribution in [0.15, 0.2) is 76.6 Å². The van der Waals surface area contributed by atoms with Crippen molar-refractivity contribution in [2.24, 2.45) is 0 Å². The van der Waals surface area contributed by atoms with Gasteiger partial charge >= 0.3 is 0 Å². The lowest BCUT2D eigenvalue weighted by Gasteiger charge is -2.16. The van der Waals surface area contributed by atoms with Gasteiger partial charge in [0, 0.05) is 22.8 Å². The summed E-state index contributed by atoms with van der Waals surface area (Å²) in [4.78, 5) is 24.5. The number of thiophene rings is 1. The summed E-state index contributed by atoms with van der Waals surface area (Å²) in [6, 6.07) is 19.3. The molecule has 0 unspecified atom stereocenters. The van der Waals surface area contributed by atoms with Gasteiger partial charge < -0.3 is 15.4 Å². The predicted octanol–water partition coefficient (Wildman–Crippen LogP) is 5.45. The lowest BCUT2D eigenvalue weighted by atomic mass is 10.2. The Kier molecular flexibility index (Phi) is 9.08. The van der Waals surface area contributed by atoms with Crippen LogP contribution in [0, 0.1) is 21.4 Å². The third kappa shape index (κ3) is 6.84. The van der Waals surface area contributed by atoms with E-state index in [2.05, 4.69) is 10.6 Å². The molecule has 0 saturated carbocycles. The summed E-state index contributed by atoms with van der Waals surface area (Å²) < 4.78 is 5.66. The van der Waals surface area contributed by atoms with Gasteiger partial charge in [-0.05, 0) is 36.1 Å².